The Morgan fingerprint density at radius 1 is 1.11 bits per heavy atom. The lowest BCUT2D eigenvalue weighted by molar-refractivity contribution is 0.126. The fourth-order valence-electron chi connectivity index (χ4n) is 3.11. The minimum Gasteiger partial charge on any atom is -0.504 e. The first-order valence-electron chi connectivity index (χ1n) is 9.44. The molecule has 1 aliphatic heterocycles. The third-order valence-electron chi connectivity index (χ3n) is 4.77. The van der Waals surface area contributed by atoms with E-state index in [9.17, 15) is 9.90 Å². The topological polar surface area (TPSA) is 74.3 Å². The molecule has 28 heavy (non-hydrogen) atoms. The second-order valence-electron chi connectivity index (χ2n) is 6.66. The van der Waals surface area contributed by atoms with Gasteiger partial charge in [-0.2, -0.15) is 0 Å². The molecule has 0 aliphatic carbocycles. The molecule has 0 saturated carbocycles. The van der Waals surface area contributed by atoms with Gasteiger partial charge in [0.2, 0.25) is 0 Å². The van der Waals surface area contributed by atoms with Gasteiger partial charge in [0.25, 0.3) is 0 Å². The van der Waals surface area contributed by atoms with Crippen LogP contribution in [0.5, 0.6) is 17.2 Å². The highest BCUT2D eigenvalue weighted by molar-refractivity contribution is 5.74. The van der Waals surface area contributed by atoms with Gasteiger partial charge in [-0.05, 0) is 29.8 Å². The Labute approximate surface area is 165 Å². The first kappa shape index (κ1) is 19.8. The summed E-state index contributed by atoms with van der Waals surface area (Å²) in [6.07, 6.45) is 0. The van der Waals surface area contributed by atoms with Crippen molar-refractivity contribution < 1.29 is 19.4 Å². The number of para-hydroxylation sites is 1. The van der Waals surface area contributed by atoms with Crippen molar-refractivity contribution in [3.63, 3.8) is 0 Å². The van der Waals surface area contributed by atoms with Crippen LogP contribution in [0.15, 0.2) is 48.5 Å². The molecule has 0 aromatic heterocycles. The quantitative estimate of drug-likeness (QED) is 0.765. The minimum atomic E-state index is -0.0766. The van der Waals surface area contributed by atoms with E-state index < -0.39 is 0 Å². The summed E-state index contributed by atoms with van der Waals surface area (Å²) in [5, 5.41) is 12.6. The molecule has 1 aliphatic rings. The van der Waals surface area contributed by atoms with E-state index >= 15 is 0 Å². The van der Waals surface area contributed by atoms with Crippen LogP contribution in [0.25, 0.3) is 0 Å². The number of amides is 2. The minimum absolute atomic E-state index is 0.0766. The van der Waals surface area contributed by atoms with Crippen molar-refractivity contribution in [2.45, 2.75) is 6.54 Å². The van der Waals surface area contributed by atoms with Crippen LogP contribution in [0, 0.1) is 0 Å². The Hall–Kier alpha value is -2.93. The summed E-state index contributed by atoms with van der Waals surface area (Å²) in [7, 11) is 1.50. The predicted octanol–water partition coefficient (Wildman–Crippen LogP) is 2.31. The zero-order valence-electron chi connectivity index (χ0n) is 16.1. The molecule has 0 bridgehead atoms. The Bertz CT molecular complexity index is 762. The van der Waals surface area contributed by atoms with Gasteiger partial charge in [-0.3, -0.25) is 4.90 Å². The molecular formula is C21H27N3O4. The molecule has 0 unspecified atom stereocenters. The van der Waals surface area contributed by atoms with Crippen molar-refractivity contribution in [2.75, 3.05) is 46.4 Å². The molecule has 2 aromatic carbocycles. The zero-order valence-corrected chi connectivity index (χ0v) is 16.1. The van der Waals surface area contributed by atoms with Crippen LogP contribution < -0.4 is 14.8 Å². The summed E-state index contributed by atoms with van der Waals surface area (Å²) in [6.45, 7) is 4.92. The summed E-state index contributed by atoms with van der Waals surface area (Å²) >= 11 is 0. The average Bonchev–Trinajstić information content (AvgIpc) is 2.74. The van der Waals surface area contributed by atoms with Crippen molar-refractivity contribution in [3.05, 3.63) is 54.1 Å². The Kier molecular flexibility index (Phi) is 6.97. The molecule has 2 aromatic rings. The number of hydrogen-bond acceptors (Lipinski definition) is 5. The molecule has 7 heteroatoms. The van der Waals surface area contributed by atoms with Crippen molar-refractivity contribution >= 4 is 6.03 Å². The van der Waals surface area contributed by atoms with Gasteiger partial charge in [-0.25, -0.2) is 4.79 Å². The number of ether oxygens (including phenoxy) is 2. The molecular weight excluding hydrogens is 358 g/mol. The third kappa shape index (κ3) is 5.53. The molecule has 1 heterocycles. The SMILES string of the molecule is COc1cc(CNC(=O)N2CCN(CCOc3ccccc3)CC2)ccc1O. The number of hydrogen-bond donors (Lipinski definition) is 2. The van der Waals surface area contributed by atoms with Gasteiger partial charge in [0.1, 0.15) is 12.4 Å². The number of nitrogens with zero attached hydrogens (tertiary/aromatic N) is 2. The number of aromatic hydroxyl groups is 1. The van der Waals surface area contributed by atoms with Crippen molar-refractivity contribution in [3.8, 4) is 17.2 Å². The highest BCUT2D eigenvalue weighted by Gasteiger charge is 2.20. The van der Waals surface area contributed by atoms with E-state index in [0.29, 0.717) is 32.0 Å². The molecule has 2 amide bonds. The van der Waals surface area contributed by atoms with Crippen LogP contribution in [0.1, 0.15) is 5.56 Å². The van der Waals surface area contributed by atoms with Gasteiger partial charge in [0.15, 0.2) is 11.5 Å². The number of phenols is 1. The van der Waals surface area contributed by atoms with Crippen LogP contribution >= 0.6 is 0 Å². The van der Waals surface area contributed by atoms with Crippen LogP contribution in [0.2, 0.25) is 0 Å². The van der Waals surface area contributed by atoms with E-state index in [1.54, 1.807) is 18.2 Å². The average molecular weight is 385 g/mol. The highest BCUT2D eigenvalue weighted by atomic mass is 16.5. The van der Waals surface area contributed by atoms with Gasteiger partial charge in [-0.15, -0.1) is 0 Å². The summed E-state index contributed by atoms with van der Waals surface area (Å²) in [6, 6.07) is 14.8. The standard InChI is InChI=1S/C21H27N3O4/c1-27-20-15-17(7-8-19(20)25)16-22-21(26)24-11-9-23(10-12-24)13-14-28-18-5-3-2-4-6-18/h2-8,15,25H,9-14,16H2,1H3,(H,22,26). The van der Waals surface area contributed by atoms with E-state index in [1.807, 2.05) is 35.2 Å². The number of rotatable bonds is 7. The first-order valence-corrected chi connectivity index (χ1v) is 9.44. The van der Waals surface area contributed by atoms with E-state index in [4.69, 9.17) is 9.47 Å². The number of methoxy groups -OCH3 is 1. The lowest BCUT2D eigenvalue weighted by Gasteiger charge is -2.34. The number of carbonyl (C=O) groups excluding carboxylic acids is 1. The van der Waals surface area contributed by atoms with E-state index in [1.165, 1.54) is 7.11 Å². The van der Waals surface area contributed by atoms with Crippen LogP contribution in [-0.2, 0) is 6.54 Å². The Morgan fingerprint density at radius 2 is 1.86 bits per heavy atom. The number of piperazine rings is 1. The van der Waals surface area contributed by atoms with Crippen LogP contribution in [0.4, 0.5) is 4.79 Å². The molecule has 3 rings (SSSR count). The molecule has 0 spiro atoms. The monoisotopic (exact) mass is 385 g/mol. The fourth-order valence-corrected chi connectivity index (χ4v) is 3.11. The van der Waals surface area contributed by atoms with Gasteiger partial charge in [0.05, 0.1) is 7.11 Å². The first-order chi connectivity index (χ1) is 13.7. The lowest BCUT2D eigenvalue weighted by atomic mass is 10.2. The number of phenolic OH excluding ortho intramolecular Hbond substituents is 1. The molecule has 1 fully saturated rings. The van der Waals surface area contributed by atoms with Gasteiger partial charge >= 0.3 is 6.03 Å². The Morgan fingerprint density at radius 3 is 2.57 bits per heavy atom. The summed E-state index contributed by atoms with van der Waals surface area (Å²) in [5.41, 5.74) is 0.875. The lowest BCUT2D eigenvalue weighted by Crippen LogP contribution is -2.52. The molecule has 0 atom stereocenters. The normalized spacial score (nSPS) is 14.5. The maximum atomic E-state index is 12.4. The van der Waals surface area contributed by atoms with Crippen molar-refractivity contribution in [2.24, 2.45) is 0 Å². The maximum absolute atomic E-state index is 12.4. The smallest absolute Gasteiger partial charge is 0.317 e. The van der Waals surface area contributed by atoms with Crippen molar-refractivity contribution in [1.29, 1.82) is 0 Å². The molecule has 2 N–H and O–H groups in total. The van der Waals surface area contributed by atoms with E-state index in [0.717, 1.165) is 30.9 Å². The summed E-state index contributed by atoms with van der Waals surface area (Å²) in [4.78, 5) is 16.5. The number of benzene rings is 2. The second kappa shape index (κ2) is 9.85. The summed E-state index contributed by atoms with van der Waals surface area (Å²) < 4.78 is 10.8. The molecule has 0 radical (unpaired) electrons. The largest absolute Gasteiger partial charge is 0.504 e. The van der Waals surface area contributed by atoms with Crippen LogP contribution in [-0.4, -0.2) is 67.4 Å². The molecule has 1 saturated heterocycles. The third-order valence-corrected chi connectivity index (χ3v) is 4.77. The number of nitrogens with one attached hydrogen (secondary N) is 1. The maximum Gasteiger partial charge on any atom is 0.317 e. The molecule has 7 nitrogen and oxygen atoms in total. The van der Waals surface area contributed by atoms with Crippen molar-refractivity contribution in [1.82, 2.24) is 15.1 Å². The van der Waals surface area contributed by atoms with Gasteiger partial charge in [-0.1, -0.05) is 24.3 Å². The summed E-state index contributed by atoms with van der Waals surface area (Å²) in [5.74, 6) is 1.37. The highest BCUT2D eigenvalue weighted by Crippen LogP contribution is 2.26. The molecule has 150 valence electrons. The predicted molar refractivity (Wildman–Crippen MR) is 107 cm³/mol. The Balaban J connectivity index is 1.36. The van der Waals surface area contributed by atoms with E-state index in [-0.39, 0.29) is 11.8 Å². The van der Waals surface area contributed by atoms with Gasteiger partial charge in [0, 0.05) is 39.3 Å². The van der Waals surface area contributed by atoms with Crippen LogP contribution in [0.3, 0.4) is 0 Å². The second-order valence-corrected chi connectivity index (χ2v) is 6.66. The zero-order chi connectivity index (χ0) is 19.8. The number of urea groups is 1. The number of carbonyl (C=O) groups is 1. The van der Waals surface area contributed by atoms with E-state index in [2.05, 4.69) is 10.2 Å². The van der Waals surface area contributed by atoms with Gasteiger partial charge < -0.3 is 24.8 Å². The fraction of sp³-hybridized carbons (Fsp3) is 0.381.